The van der Waals surface area contributed by atoms with Crippen LogP contribution in [0.1, 0.15) is 19.8 Å². The largest absolute Gasteiger partial charge is 0.480 e. The van der Waals surface area contributed by atoms with Gasteiger partial charge in [-0.2, -0.15) is 4.31 Å². The average Bonchev–Trinajstić information content (AvgIpc) is 2.55. The summed E-state index contributed by atoms with van der Waals surface area (Å²) < 4.78 is 39.8. The highest BCUT2D eigenvalue weighted by atomic mass is 32.2. The van der Waals surface area contributed by atoms with Crippen LogP contribution in [0.4, 0.5) is 4.39 Å². The second-order valence-corrected chi connectivity index (χ2v) is 7.58. The standard InChI is InChI=1S/C15H19FN2O5S/c1-10(15(20)21)17-14(19)11-6-8-18(9-7-11)24(22,23)13-5-3-2-4-12(13)16/h2-5,10-11H,6-9H2,1H3,(H,17,19)(H,20,21)/t10-/m0/s1. The molecule has 0 spiro atoms. The molecule has 0 aliphatic carbocycles. The lowest BCUT2D eigenvalue weighted by atomic mass is 9.97. The number of carbonyl (C=O) groups is 2. The zero-order valence-corrected chi connectivity index (χ0v) is 13.9. The first-order valence-electron chi connectivity index (χ1n) is 7.51. The van der Waals surface area contributed by atoms with Crippen molar-refractivity contribution >= 4 is 21.9 Å². The minimum atomic E-state index is -3.95. The molecule has 1 aliphatic rings. The molecule has 1 atom stereocenters. The van der Waals surface area contributed by atoms with Crippen LogP contribution in [-0.2, 0) is 19.6 Å². The Morgan fingerprint density at radius 2 is 1.88 bits per heavy atom. The van der Waals surface area contributed by atoms with Crippen molar-refractivity contribution in [3.05, 3.63) is 30.1 Å². The van der Waals surface area contributed by atoms with Crippen LogP contribution in [0, 0.1) is 11.7 Å². The lowest BCUT2D eigenvalue weighted by molar-refractivity contribution is -0.142. The monoisotopic (exact) mass is 358 g/mol. The summed E-state index contributed by atoms with van der Waals surface area (Å²) in [5.74, 6) is -2.82. The fraction of sp³-hybridized carbons (Fsp3) is 0.467. The Bertz CT molecular complexity index is 729. The first-order valence-corrected chi connectivity index (χ1v) is 8.95. The highest BCUT2D eigenvalue weighted by Crippen LogP contribution is 2.25. The molecule has 1 amide bonds. The van der Waals surface area contributed by atoms with Gasteiger partial charge in [0, 0.05) is 19.0 Å². The topological polar surface area (TPSA) is 104 Å². The number of nitrogens with one attached hydrogen (secondary N) is 1. The van der Waals surface area contributed by atoms with E-state index in [2.05, 4.69) is 5.32 Å². The summed E-state index contributed by atoms with van der Waals surface area (Å²) in [4.78, 5) is 22.4. The van der Waals surface area contributed by atoms with Gasteiger partial charge in [0.15, 0.2) is 0 Å². The maximum atomic E-state index is 13.7. The highest BCUT2D eigenvalue weighted by molar-refractivity contribution is 7.89. The number of carbonyl (C=O) groups excluding carboxylic acids is 1. The summed E-state index contributed by atoms with van der Waals surface area (Å²) in [5.41, 5.74) is 0. The van der Waals surface area contributed by atoms with Gasteiger partial charge in [0.2, 0.25) is 15.9 Å². The molecule has 0 saturated carbocycles. The predicted molar refractivity (Wildman–Crippen MR) is 83.1 cm³/mol. The van der Waals surface area contributed by atoms with Gasteiger partial charge >= 0.3 is 5.97 Å². The number of benzene rings is 1. The van der Waals surface area contributed by atoms with E-state index < -0.39 is 39.7 Å². The Labute approximate surface area is 139 Å². The molecule has 0 unspecified atom stereocenters. The molecule has 9 heteroatoms. The molecule has 132 valence electrons. The molecule has 0 bridgehead atoms. The van der Waals surface area contributed by atoms with Crippen LogP contribution in [0.5, 0.6) is 0 Å². The SMILES string of the molecule is C[C@H](NC(=O)C1CCN(S(=O)(=O)c2ccccc2F)CC1)C(=O)O. The molecule has 2 N–H and O–H groups in total. The van der Waals surface area contributed by atoms with E-state index in [0.29, 0.717) is 0 Å². The van der Waals surface area contributed by atoms with Crippen LogP contribution in [0.15, 0.2) is 29.2 Å². The molecule has 0 radical (unpaired) electrons. The lowest BCUT2D eigenvalue weighted by Gasteiger charge is -2.30. The van der Waals surface area contributed by atoms with Crippen LogP contribution < -0.4 is 5.32 Å². The summed E-state index contributed by atoms with van der Waals surface area (Å²) in [5, 5.41) is 11.2. The molecule has 1 aromatic rings. The quantitative estimate of drug-likeness (QED) is 0.811. The summed E-state index contributed by atoms with van der Waals surface area (Å²) >= 11 is 0. The highest BCUT2D eigenvalue weighted by Gasteiger charge is 2.34. The van der Waals surface area contributed by atoms with Gasteiger partial charge in [0.25, 0.3) is 0 Å². The zero-order valence-electron chi connectivity index (χ0n) is 13.1. The van der Waals surface area contributed by atoms with E-state index in [1.165, 1.54) is 25.1 Å². The van der Waals surface area contributed by atoms with Gasteiger partial charge in [-0.1, -0.05) is 12.1 Å². The second kappa shape index (κ2) is 7.27. The number of rotatable bonds is 5. The third-order valence-corrected chi connectivity index (χ3v) is 5.94. The van der Waals surface area contributed by atoms with Gasteiger partial charge in [-0.05, 0) is 31.9 Å². The van der Waals surface area contributed by atoms with Crippen LogP contribution in [-0.4, -0.2) is 48.8 Å². The van der Waals surface area contributed by atoms with E-state index in [1.54, 1.807) is 0 Å². The van der Waals surface area contributed by atoms with Gasteiger partial charge < -0.3 is 10.4 Å². The number of hydrogen-bond acceptors (Lipinski definition) is 4. The summed E-state index contributed by atoms with van der Waals surface area (Å²) in [7, 11) is -3.95. The number of amides is 1. The predicted octanol–water partition coefficient (Wildman–Crippen LogP) is 0.816. The Hall–Kier alpha value is -2.00. The van der Waals surface area contributed by atoms with Crippen LogP contribution in [0.2, 0.25) is 0 Å². The van der Waals surface area contributed by atoms with Crippen LogP contribution in [0.3, 0.4) is 0 Å². The molecule has 1 aliphatic heterocycles. The Morgan fingerprint density at radius 3 is 2.42 bits per heavy atom. The number of halogens is 1. The van der Waals surface area contributed by atoms with Crippen molar-refractivity contribution in [3.63, 3.8) is 0 Å². The van der Waals surface area contributed by atoms with Crippen molar-refractivity contribution in [2.75, 3.05) is 13.1 Å². The van der Waals surface area contributed by atoms with Gasteiger partial charge in [0.1, 0.15) is 16.8 Å². The molecule has 7 nitrogen and oxygen atoms in total. The van der Waals surface area contributed by atoms with Gasteiger partial charge in [-0.15, -0.1) is 0 Å². The number of aliphatic carboxylic acids is 1. The van der Waals surface area contributed by atoms with Crippen molar-refractivity contribution in [1.82, 2.24) is 9.62 Å². The van der Waals surface area contributed by atoms with E-state index >= 15 is 0 Å². The number of carboxylic acids is 1. The average molecular weight is 358 g/mol. The van der Waals surface area contributed by atoms with Gasteiger partial charge in [-0.25, -0.2) is 12.8 Å². The third-order valence-electron chi connectivity index (χ3n) is 4.01. The molecule has 24 heavy (non-hydrogen) atoms. The van der Waals surface area contributed by atoms with Crippen LogP contribution in [0.25, 0.3) is 0 Å². The molecule has 1 heterocycles. The first-order chi connectivity index (χ1) is 11.2. The number of nitrogens with zero attached hydrogens (tertiary/aromatic N) is 1. The van der Waals surface area contributed by atoms with Crippen molar-refractivity contribution in [2.45, 2.75) is 30.7 Å². The maximum Gasteiger partial charge on any atom is 0.325 e. The molecule has 1 aromatic carbocycles. The summed E-state index contributed by atoms with van der Waals surface area (Å²) in [6, 6.07) is 4.15. The number of carboxylic acid groups (broad SMARTS) is 1. The minimum Gasteiger partial charge on any atom is -0.480 e. The van der Waals surface area contributed by atoms with Crippen molar-refractivity contribution in [1.29, 1.82) is 0 Å². The molecule has 1 fully saturated rings. The van der Waals surface area contributed by atoms with E-state index in [4.69, 9.17) is 5.11 Å². The maximum absolute atomic E-state index is 13.7. The van der Waals surface area contributed by atoms with Crippen molar-refractivity contribution < 1.29 is 27.5 Å². The summed E-state index contributed by atoms with van der Waals surface area (Å²) in [6.07, 6.45) is 0.512. The number of piperidine rings is 1. The van der Waals surface area contributed by atoms with Gasteiger partial charge in [-0.3, -0.25) is 9.59 Å². The smallest absolute Gasteiger partial charge is 0.325 e. The molecular formula is C15H19FN2O5S. The second-order valence-electron chi connectivity index (χ2n) is 5.68. The molecule has 1 saturated heterocycles. The third kappa shape index (κ3) is 3.90. The zero-order chi connectivity index (χ0) is 17.9. The number of sulfonamides is 1. The Balaban J connectivity index is 2.01. The summed E-state index contributed by atoms with van der Waals surface area (Å²) in [6.45, 7) is 1.52. The normalized spacial score (nSPS) is 18.1. The van der Waals surface area contributed by atoms with E-state index in [-0.39, 0.29) is 30.8 Å². The first kappa shape index (κ1) is 18.3. The van der Waals surface area contributed by atoms with Gasteiger partial charge in [0.05, 0.1) is 0 Å². The van der Waals surface area contributed by atoms with Crippen molar-refractivity contribution in [2.24, 2.45) is 5.92 Å². The number of hydrogen-bond donors (Lipinski definition) is 2. The van der Waals surface area contributed by atoms with E-state index in [1.807, 2.05) is 0 Å². The van der Waals surface area contributed by atoms with Crippen LogP contribution >= 0.6 is 0 Å². The lowest BCUT2D eigenvalue weighted by Crippen LogP contribution is -2.46. The van der Waals surface area contributed by atoms with E-state index in [9.17, 15) is 22.4 Å². The molecule has 2 rings (SSSR count). The Morgan fingerprint density at radius 1 is 1.29 bits per heavy atom. The Kier molecular flexibility index (Phi) is 5.55. The van der Waals surface area contributed by atoms with E-state index in [0.717, 1.165) is 10.4 Å². The molecule has 0 aromatic heterocycles. The molecular weight excluding hydrogens is 339 g/mol. The fourth-order valence-electron chi connectivity index (χ4n) is 2.54. The van der Waals surface area contributed by atoms with Crippen molar-refractivity contribution in [3.8, 4) is 0 Å². The fourth-order valence-corrected chi connectivity index (χ4v) is 4.08. The minimum absolute atomic E-state index is 0.0796.